The fourth-order valence-corrected chi connectivity index (χ4v) is 2.61. The van der Waals surface area contributed by atoms with Gasteiger partial charge in [0, 0.05) is 5.69 Å². The van der Waals surface area contributed by atoms with E-state index in [9.17, 15) is 9.59 Å². The largest absolute Gasteiger partial charge is 0.490 e. The molecule has 30 heavy (non-hydrogen) atoms. The van der Waals surface area contributed by atoms with Crippen molar-refractivity contribution in [2.75, 3.05) is 11.9 Å². The van der Waals surface area contributed by atoms with Gasteiger partial charge in [0.1, 0.15) is 6.42 Å². The molecule has 160 valence electrons. The molecule has 0 aromatic heterocycles. The maximum Gasteiger partial charge on any atom is 0.249 e. The second-order valence-electron chi connectivity index (χ2n) is 7.12. The van der Waals surface area contributed by atoms with E-state index in [1.807, 2.05) is 52.8 Å². The average molecular weight is 412 g/mol. The van der Waals surface area contributed by atoms with Crippen molar-refractivity contribution in [2.24, 2.45) is 5.10 Å². The lowest BCUT2D eigenvalue weighted by Crippen LogP contribution is -2.24. The number of carbonyl (C=O) groups is 2. The molecule has 2 rings (SSSR count). The lowest BCUT2D eigenvalue weighted by molar-refractivity contribution is -0.126. The maximum absolute atomic E-state index is 12.0. The Morgan fingerprint density at radius 1 is 1.03 bits per heavy atom. The number of nitrogens with zero attached hydrogens (tertiary/aromatic N) is 1. The third-order valence-electron chi connectivity index (χ3n) is 4.14. The van der Waals surface area contributed by atoms with Gasteiger partial charge >= 0.3 is 0 Å². The zero-order valence-corrected chi connectivity index (χ0v) is 18.1. The van der Waals surface area contributed by atoms with Gasteiger partial charge in [0.05, 0.1) is 18.9 Å². The first-order valence-corrected chi connectivity index (χ1v) is 9.91. The zero-order valence-electron chi connectivity index (χ0n) is 18.1. The number of hydrogen-bond donors (Lipinski definition) is 2. The minimum atomic E-state index is -0.502. The fraction of sp³-hybridized carbons (Fsp3) is 0.348. The first kappa shape index (κ1) is 22.9. The summed E-state index contributed by atoms with van der Waals surface area (Å²) in [6, 6.07) is 11.0. The Labute approximate surface area is 177 Å². The Hall–Kier alpha value is -3.35. The summed E-state index contributed by atoms with van der Waals surface area (Å²) in [5, 5.41) is 6.63. The van der Waals surface area contributed by atoms with Gasteiger partial charge in [-0.3, -0.25) is 9.59 Å². The molecule has 7 heteroatoms. The number of anilines is 1. The molecule has 0 spiro atoms. The number of benzene rings is 2. The molecule has 2 amide bonds. The number of rotatable bonds is 9. The summed E-state index contributed by atoms with van der Waals surface area (Å²) in [4.78, 5) is 24.0. The lowest BCUT2D eigenvalue weighted by Gasteiger charge is -2.14. The van der Waals surface area contributed by atoms with Crippen LogP contribution in [0, 0.1) is 13.8 Å². The molecule has 0 saturated heterocycles. The minimum absolute atomic E-state index is 0.0259. The molecule has 7 nitrogen and oxygen atoms in total. The van der Waals surface area contributed by atoms with Gasteiger partial charge in [-0.1, -0.05) is 6.07 Å². The molecule has 2 aromatic rings. The molecule has 0 aliphatic carbocycles. The van der Waals surface area contributed by atoms with Crippen LogP contribution in [0.4, 0.5) is 5.69 Å². The number of hydrazone groups is 1. The second-order valence-corrected chi connectivity index (χ2v) is 7.12. The topological polar surface area (TPSA) is 89.0 Å². The third-order valence-corrected chi connectivity index (χ3v) is 4.14. The van der Waals surface area contributed by atoms with E-state index in [4.69, 9.17) is 9.47 Å². The van der Waals surface area contributed by atoms with Crippen LogP contribution in [0.15, 0.2) is 41.5 Å². The van der Waals surface area contributed by atoms with Crippen LogP contribution in [0.25, 0.3) is 0 Å². The summed E-state index contributed by atoms with van der Waals surface area (Å²) in [6.45, 7) is 10.2. The average Bonchev–Trinajstić information content (AvgIpc) is 2.66. The molecule has 0 unspecified atom stereocenters. The van der Waals surface area contributed by atoms with Gasteiger partial charge in [0.15, 0.2) is 11.5 Å². The molecule has 2 N–H and O–H groups in total. The Kier molecular flexibility index (Phi) is 8.41. The molecule has 0 atom stereocenters. The van der Waals surface area contributed by atoms with Crippen LogP contribution in [0.2, 0.25) is 0 Å². The van der Waals surface area contributed by atoms with Crippen molar-refractivity contribution in [1.82, 2.24) is 5.43 Å². The van der Waals surface area contributed by atoms with Crippen molar-refractivity contribution in [2.45, 2.75) is 47.1 Å². The van der Waals surface area contributed by atoms with Gasteiger partial charge in [0.25, 0.3) is 0 Å². The first-order valence-electron chi connectivity index (χ1n) is 9.91. The molecule has 0 bridgehead atoms. The molecular formula is C23H29N3O4. The van der Waals surface area contributed by atoms with E-state index in [1.165, 1.54) is 6.21 Å². The predicted octanol–water partition coefficient (Wildman–Crippen LogP) is 3.97. The van der Waals surface area contributed by atoms with E-state index in [2.05, 4.69) is 15.8 Å². The van der Waals surface area contributed by atoms with Crippen molar-refractivity contribution in [3.05, 3.63) is 53.1 Å². The summed E-state index contributed by atoms with van der Waals surface area (Å²) < 4.78 is 11.3. The standard InChI is InChI=1S/C23H29N3O4/c1-6-29-21-12-18(8-10-20(21)30-15(2)3)14-24-26-23(28)13-22(27)25-19-9-7-16(4)17(5)11-19/h7-12,14-15H,6,13H2,1-5H3,(H,25,27)(H,26,28). The Morgan fingerprint density at radius 3 is 2.47 bits per heavy atom. The summed E-state index contributed by atoms with van der Waals surface area (Å²) in [5.74, 6) is 0.349. The summed E-state index contributed by atoms with van der Waals surface area (Å²) in [5.41, 5.74) is 5.96. The molecule has 0 aliphatic rings. The highest BCUT2D eigenvalue weighted by molar-refractivity contribution is 6.03. The number of aryl methyl sites for hydroxylation is 2. The number of carbonyl (C=O) groups excluding carboxylic acids is 2. The lowest BCUT2D eigenvalue weighted by atomic mass is 10.1. The van der Waals surface area contributed by atoms with Crippen LogP contribution in [-0.2, 0) is 9.59 Å². The molecule has 0 radical (unpaired) electrons. The Morgan fingerprint density at radius 2 is 1.80 bits per heavy atom. The van der Waals surface area contributed by atoms with E-state index in [0.29, 0.717) is 23.8 Å². The van der Waals surface area contributed by atoms with Gasteiger partial charge in [-0.15, -0.1) is 0 Å². The molecule has 0 aliphatic heterocycles. The quantitative estimate of drug-likeness (QED) is 0.371. The van der Waals surface area contributed by atoms with Crippen LogP contribution >= 0.6 is 0 Å². The monoisotopic (exact) mass is 411 g/mol. The van der Waals surface area contributed by atoms with E-state index < -0.39 is 11.8 Å². The van der Waals surface area contributed by atoms with E-state index in [0.717, 1.165) is 16.7 Å². The van der Waals surface area contributed by atoms with E-state index in [1.54, 1.807) is 18.2 Å². The minimum Gasteiger partial charge on any atom is -0.490 e. The van der Waals surface area contributed by atoms with Crippen molar-refractivity contribution < 1.29 is 19.1 Å². The summed E-state index contributed by atoms with van der Waals surface area (Å²) >= 11 is 0. The van der Waals surface area contributed by atoms with Crippen molar-refractivity contribution in [1.29, 1.82) is 0 Å². The first-order chi connectivity index (χ1) is 14.3. The van der Waals surface area contributed by atoms with Gasteiger partial charge in [0.2, 0.25) is 11.8 Å². The molecule has 0 fully saturated rings. The number of hydrogen-bond acceptors (Lipinski definition) is 5. The highest BCUT2D eigenvalue weighted by atomic mass is 16.5. The number of ether oxygens (including phenoxy) is 2. The van der Waals surface area contributed by atoms with Crippen LogP contribution in [-0.4, -0.2) is 30.7 Å². The van der Waals surface area contributed by atoms with Crippen molar-refractivity contribution >= 4 is 23.7 Å². The van der Waals surface area contributed by atoms with Crippen molar-refractivity contribution in [3.8, 4) is 11.5 Å². The normalized spacial score (nSPS) is 10.9. The van der Waals surface area contributed by atoms with Crippen LogP contribution in [0.1, 0.15) is 43.9 Å². The van der Waals surface area contributed by atoms with Gasteiger partial charge in [-0.2, -0.15) is 5.10 Å². The summed E-state index contributed by atoms with van der Waals surface area (Å²) in [7, 11) is 0. The Bertz CT molecular complexity index is 923. The smallest absolute Gasteiger partial charge is 0.249 e. The van der Waals surface area contributed by atoms with Crippen molar-refractivity contribution in [3.63, 3.8) is 0 Å². The predicted molar refractivity (Wildman–Crippen MR) is 118 cm³/mol. The second kappa shape index (κ2) is 11.0. The third kappa shape index (κ3) is 7.24. The van der Waals surface area contributed by atoms with Gasteiger partial charge in [-0.25, -0.2) is 5.43 Å². The molecule has 0 heterocycles. The maximum atomic E-state index is 12.0. The SMILES string of the molecule is CCOc1cc(C=NNC(=O)CC(=O)Nc2ccc(C)c(C)c2)ccc1OC(C)C. The van der Waals surface area contributed by atoms with Gasteiger partial charge < -0.3 is 14.8 Å². The highest BCUT2D eigenvalue weighted by Gasteiger charge is 2.10. The fourth-order valence-electron chi connectivity index (χ4n) is 2.61. The Balaban J connectivity index is 1.90. The summed E-state index contributed by atoms with van der Waals surface area (Å²) in [6.07, 6.45) is 1.19. The zero-order chi connectivity index (χ0) is 22.1. The number of nitrogens with one attached hydrogen (secondary N) is 2. The van der Waals surface area contributed by atoms with Crippen LogP contribution < -0.4 is 20.2 Å². The molecule has 2 aromatic carbocycles. The van der Waals surface area contributed by atoms with E-state index >= 15 is 0 Å². The molecule has 0 saturated carbocycles. The van der Waals surface area contributed by atoms with Crippen LogP contribution in [0.5, 0.6) is 11.5 Å². The van der Waals surface area contributed by atoms with Crippen LogP contribution in [0.3, 0.4) is 0 Å². The molecular weight excluding hydrogens is 382 g/mol. The number of amides is 2. The highest BCUT2D eigenvalue weighted by Crippen LogP contribution is 2.28. The van der Waals surface area contributed by atoms with E-state index in [-0.39, 0.29) is 12.5 Å². The van der Waals surface area contributed by atoms with Gasteiger partial charge in [-0.05, 0) is 81.6 Å².